The maximum atomic E-state index is 13.7. The Bertz CT molecular complexity index is 460. The fraction of sp³-hybridized carbons (Fsp3) is 0.417. The summed E-state index contributed by atoms with van der Waals surface area (Å²) in [7, 11) is 0. The molecule has 2 nitrogen and oxygen atoms in total. The van der Waals surface area contributed by atoms with Gasteiger partial charge in [-0.25, -0.2) is 8.78 Å². The SMILES string of the molecule is Cc1ccc(F)c(NC2=NC(C)CCS2)c1F. The number of hydrogen-bond donors (Lipinski definition) is 1. The summed E-state index contributed by atoms with van der Waals surface area (Å²) in [4.78, 5) is 4.32. The summed E-state index contributed by atoms with van der Waals surface area (Å²) in [6.07, 6.45) is 0.995. The molecule has 1 aromatic rings. The first-order valence-corrected chi connectivity index (χ1v) is 6.48. The zero-order valence-electron chi connectivity index (χ0n) is 9.76. The van der Waals surface area contributed by atoms with Crippen molar-refractivity contribution in [2.45, 2.75) is 26.3 Å². The van der Waals surface area contributed by atoms with Gasteiger partial charge in [-0.2, -0.15) is 0 Å². The molecular weight excluding hydrogens is 242 g/mol. The lowest BCUT2D eigenvalue weighted by molar-refractivity contribution is 0.585. The molecule has 0 fully saturated rings. The maximum absolute atomic E-state index is 13.7. The molecule has 1 atom stereocenters. The Kier molecular flexibility index (Phi) is 3.66. The zero-order valence-corrected chi connectivity index (χ0v) is 10.6. The minimum absolute atomic E-state index is 0.106. The largest absolute Gasteiger partial charge is 0.330 e. The zero-order chi connectivity index (χ0) is 12.4. The fourth-order valence-electron chi connectivity index (χ4n) is 1.57. The Morgan fingerprint density at radius 2 is 2.18 bits per heavy atom. The maximum Gasteiger partial charge on any atom is 0.161 e. The smallest absolute Gasteiger partial charge is 0.161 e. The number of hydrogen-bond acceptors (Lipinski definition) is 3. The molecule has 0 bridgehead atoms. The molecule has 17 heavy (non-hydrogen) atoms. The summed E-state index contributed by atoms with van der Waals surface area (Å²) in [5, 5.41) is 3.34. The lowest BCUT2D eigenvalue weighted by Gasteiger charge is -2.18. The van der Waals surface area contributed by atoms with Gasteiger partial charge in [0.05, 0.1) is 6.04 Å². The van der Waals surface area contributed by atoms with Gasteiger partial charge >= 0.3 is 0 Å². The third kappa shape index (κ3) is 2.77. The second-order valence-electron chi connectivity index (χ2n) is 4.10. The van der Waals surface area contributed by atoms with E-state index in [9.17, 15) is 8.78 Å². The number of halogens is 2. The number of aryl methyl sites for hydroxylation is 1. The summed E-state index contributed by atoms with van der Waals surface area (Å²) in [6, 6.07) is 2.89. The number of amidine groups is 1. The van der Waals surface area contributed by atoms with Crippen LogP contribution in [0.25, 0.3) is 0 Å². The van der Waals surface area contributed by atoms with Crippen LogP contribution in [0.5, 0.6) is 0 Å². The fourth-order valence-corrected chi connectivity index (χ4v) is 2.66. The topological polar surface area (TPSA) is 24.4 Å². The molecule has 1 unspecified atom stereocenters. The summed E-state index contributed by atoms with van der Waals surface area (Å²) in [5.41, 5.74) is 0.314. The first-order chi connectivity index (χ1) is 8.08. The van der Waals surface area contributed by atoms with Gasteiger partial charge in [0, 0.05) is 5.75 Å². The quantitative estimate of drug-likeness (QED) is 0.830. The molecule has 0 aliphatic carbocycles. The number of thioether (sulfide) groups is 1. The van der Waals surface area contributed by atoms with Crippen molar-refractivity contribution in [3.63, 3.8) is 0 Å². The lowest BCUT2D eigenvalue weighted by atomic mass is 10.2. The Morgan fingerprint density at radius 3 is 2.88 bits per heavy atom. The summed E-state index contributed by atoms with van der Waals surface area (Å²) >= 11 is 1.49. The van der Waals surface area contributed by atoms with Crippen molar-refractivity contribution in [3.8, 4) is 0 Å². The van der Waals surface area contributed by atoms with Gasteiger partial charge in [-0.05, 0) is 31.9 Å². The van der Waals surface area contributed by atoms with Crippen molar-refractivity contribution in [1.82, 2.24) is 0 Å². The van der Waals surface area contributed by atoms with Gasteiger partial charge in [0.25, 0.3) is 0 Å². The molecular formula is C12H14F2N2S. The number of nitrogens with one attached hydrogen (secondary N) is 1. The number of nitrogens with zero attached hydrogens (tertiary/aromatic N) is 1. The summed E-state index contributed by atoms with van der Waals surface area (Å²) < 4.78 is 27.3. The van der Waals surface area contributed by atoms with Crippen LogP contribution in [0.15, 0.2) is 17.1 Å². The molecule has 1 N–H and O–H groups in total. The number of rotatable bonds is 1. The van der Waals surface area contributed by atoms with E-state index in [0.29, 0.717) is 10.7 Å². The van der Waals surface area contributed by atoms with Crippen LogP contribution < -0.4 is 5.32 Å². The highest BCUT2D eigenvalue weighted by molar-refractivity contribution is 8.14. The van der Waals surface area contributed by atoms with Gasteiger partial charge in [-0.15, -0.1) is 0 Å². The standard InChI is InChI=1S/C12H14F2N2S/c1-7-3-4-9(13)11(10(7)14)16-12-15-8(2)5-6-17-12/h3-4,8H,5-6H2,1-2H3,(H,15,16). The summed E-state index contributed by atoms with van der Waals surface area (Å²) in [5.74, 6) is -0.219. The Morgan fingerprint density at radius 1 is 1.41 bits per heavy atom. The first-order valence-electron chi connectivity index (χ1n) is 5.50. The van der Waals surface area contributed by atoms with Gasteiger partial charge in [-0.1, -0.05) is 17.8 Å². The number of aliphatic imine (C=N–C) groups is 1. The Balaban J connectivity index is 2.27. The van der Waals surface area contributed by atoms with Crippen molar-refractivity contribution in [1.29, 1.82) is 0 Å². The van der Waals surface area contributed by atoms with Crippen LogP contribution in [-0.2, 0) is 0 Å². The molecule has 0 spiro atoms. The summed E-state index contributed by atoms with van der Waals surface area (Å²) in [6.45, 7) is 3.60. The predicted molar refractivity (Wildman–Crippen MR) is 68.7 cm³/mol. The molecule has 1 heterocycles. The van der Waals surface area contributed by atoms with Crippen LogP contribution in [0.1, 0.15) is 18.9 Å². The normalized spacial score (nSPS) is 20.0. The van der Waals surface area contributed by atoms with Crippen LogP contribution in [0.4, 0.5) is 14.5 Å². The van der Waals surface area contributed by atoms with E-state index in [0.717, 1.165) is 12.2 Å². The van der Waals surface area contributed by atoms with Gasteiger partial charge in [0.15, 0.2) is 11.0 Å². The van der Waals surface area contributed by atoms with Crippen LogP contribution in [0.3, 0.4) is 0 Å². The molecule has 5 heteroatoms. The average molecular weight is 256 g/mol. The first kappa shape index (κ1) is 12.4. The monoisotopic (exact) mass is 256 g/mol. The van der Waals surface area contributed by atoms with Gasteiger partial charge < -0.3 is 5.32 Å². The molecule has 0 aromatic heterocycles. The van der Waals surface area contributed by atoms with Crippen molar-refractivity contribution in [3.05, 3.63) is 29.3 Å². The molecule has 1 aliphatic heterocycles. The van der Waals surface area contributed by atoms with Crippen molar-refractivity contribution in [2.24, 2.45) is 4.99 Å². The van der Waals surface area contributed by atoms with E-state index < -0.39 is 11.6 Å². The Hall–Kier alpha value is -1.10. The minimum atomic E-state index is -0.588. The van der Waals surface area contributed by atoms with Crippen molar-refractivity contribution >= 4 is 22.6 Å². The number of anilines is 1. The third-order valence-corrected chi connectivity index (χ3v) is 3.55. The number of benzene rings is 1. The molecule has 0 radical (unpaired) electrons. The molecule has 0 amide bonds. The van der Waals surface area contributed by atoms with E-state index in [1.807, 2.05) is 6.92 Å². The van der Waals surface area contributed by atoms with Crippen LogP contribution >= 0.6 is 11.8 Å². The van der Waals surface area contributed by atoms with Gasteiger partial charge in [0.1, 0.15) is 11.5 Å². The van der Waals surface area contributed by atoms with E-state index in [1.54, 1.807) is 6.92 Å². The molecule has 0 saturated carbocycles. The van der Waals surface area contributed by atoms with E-state index in [4.69, 9.17) is 0 Å². The van der Waals surface area contributed by atoms with Crippen molar-refractivity contribution < 1.29 is 8.78 Å². The van der Waals surface area contributed by atoms with Crippen molar-refractivity contribution in [2.75, 3.05) is 11.1 Å². The van der Waals surface area contributed by atoms with Crippen LogP contribution in [0, 0.1) is 18.6 Å². The van der Waals surface area contributed by atoms with E-state index >= 15 is 0 Å². The molecule has 1 aliphatic rings. The highest BCUT2D eigenvalue weighted by atomic mass is 32.2. The molecule has 0 saturated heterocycles. The van der Waals surface area contributed by atoms with E-state index in [-0.39, 0.29) is 11.7 Å². The van der Waals surface area contributed by atoms with Gasteiger partial charge in [0.2, 0.25) is 0 Å². The highest BCUT2D eigenvalue weighted by Crippen LogP contribution is 2.25. The van der Waals surface area contributed by atoms with E-state index in [1.165, 1.54) is 23.9 Å². The highest BCUT2D eigenvalue weighted by Gasteiger charge is 2.16. The predicted octanol–water partition coefficient (Wildman–Crippen LogP) is 3.57. The average Bonchev–Trinajstić information content (AvgIpc) is 2.30. The second kappa shape index (κ2) is 5.04. The second-order valence-corrected chi connectivity index (χ2v) is 5.18. The lowest BCUT2D eigenvalue weighted by Crippen LogP contribution is -2.19. The molecule has 2 rings (SSSR count). The van der Waals surface area contributed by atoms with Gasteiger partial charge in [-0.3, -0.25) is 4.99 Å². The molecule has 92 valence electrons. The Labute approximate surface area is 104 Å². The van der Waals surface area contributed by atoms with Crippen LogP contribution in [0.2, 0.25) is 0 Å². The third-order valence-electron chi connectivity index (χ3n) is 2.63. The minimum Gasteiger partial charge on any atom is -0.330 e. The van der Waals surface area contributed by atoms with Crippen LogP contribution in [-0.4, -0.2) is 17.0 Å². The van der Waals surface area contributed by atoms with E-state index in [2.05, 4.69) is 10.3 Å². The molecule has 1 aromatic carbocycles.